The second-order valence-corrected chi connectivity index (χ2v) is 4.92. The summed E-state index contributed by atoms with van der Waals surface area (Å²) >= 11 is 0. The quantitative estimate of drug-likeness (QED) is 0.525. The Morgan fingerprint density at radius 1 is 1.25 bits per heavy atom. The molecule has 0 aromatic carbocycles. The van der Waals surface area contributed by atoms with Crippen LogP contribution in [0.15, 0.2) is 0 Å². The van der Waals surface area contributed by atoms with E-state index in [9.17, 15) is 14.2 Å². The van der Waals surface area contributed by atoms with Gasteiger partial charge < -0.3 is 5.73 Å². The lowest BCUT2D eigenvalue weighted by atomic mass is 10.4. The Hall–Kier alpha value is -0.910. The number of carbonyl (C=O) groups excluding carboxylic acids is 2. The summed E-state index contributed by atoms with van der Waals surface area (Å²) in [5.41, 5.74) is 4.86. The highest BCUT2D eigenvalue weighted by Crippen LogP contribution is 2.50. The second-order valence-electron chi connectivity index (χ2n) is 2.86. The van der Waals surface area contributed by atoms with Crippen molar-refractivity contribution in [2.75, 3.05) is 20.3 Å². The number of hydrogen-bond donors (Lipinski definition) is 1. The van der Waals surface area contributed by atoms with Crippen LogP contribution in [0.4, 0.5) is 0 Å². The molecular weight excluding hydrogens is 235 g/mol. The van der Waals surface area contributed by atoms with Gasteiger partial charge in [0.25, 0.3) is 0 Å². The fourth-order valence-electron chi connectivity index (χ4n) is 0.937. The summed E-state index contributed by atoms with van der Waals surface area (Å²) in [6, 6.07) is 0. The van der Waals surface area contributed by atoms with Crippen molar-refractivity contribution in [1.82, 2.24) is 4.67 Å². The van der Waals surface area contributed by atoms with Gasteiger partial charge in [-0.3, -0.25) is 23.3 Å². The molecule has 0 aliphatic rings. The van der Waals surface area contributed by atoms with E-state index in [2.05, 4.69) is 0 Å². The number of nitrogens with two attached hydrogens (primary N) is 1. The zero-order chi connectivity index (χ0) is 12.8. The molecular formula is C8H17N2O5P. The summed E-state index contributed by atoms with van der Waals surface area (Å²) in [4.78, 5) is 22.0. The van der Waals surface area contributed by atoms with E-state index in [0.717, 1.165) is 4.67 Å². The molecule has 7 nitrogen and oxygen atoms in total. The highest BCUT2D eigenvalue weighted by Gasteiger charge is 2.34. The molecule has 0 unspecified atom stereocenters. The third-order valence-corrected chi connectivity index (χ3v) is 3.77. The molecule has 0 aromatic heterocycles. The summed E-state index contributed by atoms with van der Waals surface area (Å²) < 4.78 is 22.7. The summed E-state index contributed by atoms with van der Waals surface area (Å²) in [5.74, 6) is -1.49. The number of amides is 2. The Kier molecular flexibility index (Phi) is 6.25. The number of carbonyl (C=O) groups is 2. The fraction of sp³-hybridized carbons (Fsp3) is 0.750. The Balaban J connectivity index is 4.73. The van der Waals surface area contributed by atoms with Gasteiger partial charge in [0.2, 0.25) is 11.8 Å². The Bertz CT molecular complexity index is 297. The van der Waals surface area contributed by atoms with Crippen LogP contribution in [-0.2, 0) is 23.2 Å². The predicted octanol–water partition coefficient (Wildman–Crippen LogP) is 0.501. The number of nitrogens with zero attached hydrogens (tertiary/aromatic N) is 1. The molecule has 16 heavy (non-hydrogen) atoms. The van der Waals surface area contributed by atoms with Crippen molar-refractivity contribution < 1.29 is 23.2 Å². The van der Waals surface area contributed by atoms with Crippen molar-refractivity contribution in [3.8, 4) is 0 Å². The summed E-state index contributed by atoms with van der Waals surface area (Å²) in [5, 5.41) is 0. The molecule has 0 aliphatic heterocycles. The van der Waals surface area contributed by atoms with Crippen LogP contribution in [0.1, 0.15) is 20.3 Å². The van der Waals surface area contributed by atoms with Gasteiger partial charge in [-0.15, -0.1) is 0 Å². The molecule has 0 bridgehead atoms. The van der Waals surface area contributed by atoms with Crippen LogP contribution in [0, 0.1) is 0 Å². The molecule has 0 aromatic rings. The highest BCUT2D eigenvalue weighted by atomic mass is 31.2. The van der Waals surface area contributed by atoms with Crippen LogP contribution in [0.2, 0.25) is 0 Å². The molecule has 0 heterocycles. The molecule has 2 amide bonds. The first kappa shape index (κ1) is 15.1. The van der Waals surface area contributed by atoms with Gasteiger partial charge in [-0.1, -0.05) is 0 Å². The first-order valence-corrected chi connectivity index (χ1v) is 6.31. The number of rotatable bonds is 7. The standard InChI is InChI=1S/C8H17N2O5P/c1-4-14-16(13,15-5-2)10(3)8(12)6-7(9)11/h4-6H2,1-3H3,(H2,9,11). The molecule has 0 spiro atoms. The molecule has 2 N–H and O–H groups in total. The molecule has 8 heteroatoms. The van der Waals surface area contributed by atoms with E-state index >= 15 is 0 Å². The van der Waals surface area contributed by atoms with E-state index in [0.29, 0.717) is 0 Å². The monoisotopic (exact) mass is 252 g/mol. The van der Waals surface area contributed by atoms with Crippen molar-refractivity contribution in [3.05, 3.63) is 0 Å². The summed E-state index contributed by atoms with van der Waals surface area (Å²) in [6.07, 6.45) is -0.527. The van der Waals surface area contributed by atoms with Crippen molar-refractivity contribution in [2.24, 2.45) is 5.73 Å². The largest absolute Gasteiger partial charge is 0.437 e. The van der Waals surface area contributed by atoms with Crippen LogP contribution in [-0.4, -0.2) is 36.7 Å². The van der Waals surface area contributed by atoms with Gasteiger partial charge >= 0.3 is 7.75 Å². The van der Waals surface area contributed by atoms with Gasteiger partial charge in [-0.05, 0) is 13.8 Å². The van der Waals surface area contributed by atoms with Gasteiger partial charge in [0.05, 0.1) is 13.2 Å². The van der Waals surface area contributed by atoms with Crippen molar-refractivity contribution in [3.63, 3.8) is 0 Å². The number of hydrogen-bond acceptors (Lipinski definition) is 5. The first-order chi connectivity index (χ1) is 7.37. The second kappa shape index (κ2) is 6.62. The van der Waals surface area contributed by atoms with E-state index < -0.39 is 26.0 Å². The van der Waals surface area contributed by atoms with Gasteiger partial charge in [-0.25, -0.2) is 4.57 Å². The molecule has 0 rings (SSSR count). The zero-order valence-electron chi connectivity index (χ0n) is 9.63. The van der Waals surface area contributed by atoms with Crippen LogP contribution < -0.4 is 5.73 Å². The lowest BCUT2D eigenvalue weighted by Crippen LogP contribution is -2.30. The molecule has 0 aliphatic carbocycles. The summed E-state index contributed by atoms with van der Waals surface area (Å²) in [7, 11) is -2.40. The zero-order valence-corrected chi connectivity index (χ0v) is 10.5. The lowest BCUT2D eigenvalue weighted by molar-refractivity contribution is -0.131. The van der Waals surface area contributed by atoms with Crippen molar-refractivity contribution in [2.45, 2.75) is 20.3 Å². The number of primary amides is 1. The molecule has 0 saturated heterocycles. The fourth-order valence-corrected chi connectivity index (χ4v) is 2.35. The van der Waals surface area contributed by atoms with Gasteiger partial charge in [-0.2, -0.15) is 0 Å². The molecule has 0 saturated carbocycles. The Labute approximate surface area is 94.5 Å². The molecule has 0 fully saturated rings. The van der Waals surface area contributed by atoms with E-state index in [1.165, 1.54) is 7.05 Å². The predicted molar refractivity (Wildman–Crippen MR) is 57.4 cm³/mol. The van der Waals surface area contributed by atoms with Crippen LogP contribution in [0.25, 0.3) is 0 Å². The van der Waals surface area contributed by atoms with Crippen molar-refractivity contribution >= 4 is 19.6 Å². The van der Waals surface area contributed by atoms with Crippen molar-refractivity contribution in [1.29, 1.82) is 0 Å². The third kappa shape index (κ3) is 4.30. The minimum Gasteiger partial charge on any atom is -0.369 e. The van der Waals surface area contributed by atoms with Crippen LogP contribution in [0.3, 0.4) is 0 Å². The van der Waals surface area contributed by atoms with Crippen LogP contribution >= 0.6 is 7.75 Å². The highest BCUT2D eigenvalue weighted by molar-refractivity contribution is 7.52. The molecule has 94 valence electrons. The van der Waals surface area contributed by atoms with Gasteiger partial charge in [0.1, 0.15) is 6.42 Å². The topological polar surface area (TPSA) is 98.9 Å². The maximum Gasteiger partial charge on any atom is 0.437 e. The normalized spacial score (nSPS) is 11.2. The first-order valence-electron chi connectivity index (χ1n) is 4.81. The molecule has 0 atom stereocenters. The average molecular weight is 252 g/mol. The Morgan fingerprint density at radius 2 is 1.69 bits per heavy atom. The van der Waals surface area contributed by atoms with E-state index in [-0.39, 0.29) is 13.2 Å². The molecule has 0 radical (unpaired) electrons. The maximum atomic E-state index is 12.0. The van der Waals surface area contributed by atoms with Crippen LogP contribution in [0.5, 0.6) is 0 Å². The minimum atomic E-state index is -3.65. The average Bonchev–Trinajstić information content (AvgIpc) is 2.16. The van der Waals surface area contributed by atoms with Gasteiger partial charge in [0.15, 0.2) is 0 Å². The SMILES string of the molecule is CCOP(=O)(OCC)N(C)C(=O)CC(N)=O. The Morgan fingerprint density at radius 3 is 2.00 bits per heavy atom. The van der Waals surface area contributed by atoms with Gasteiger partial charge in [0, 0.05) is 7.05 Å². The van der Waals surface area contributed by atoms with E-state index in [4.69, 9.17) is 14.8 Å². The van der Waals surface area contributed by atoms with E-state index in [1.54, 1.807) is 13.8 Å². The van der Waals surface area contributed by atoms with E-state index in [1.807, 2.05) is 0 Å². The minimum absolute atomic E-state index is 0.130. The maximum absolute atomic E-state index is 12.0. The summed E-state index contributed by atoms with van der Waals surface area (Å²) in [6.45, 7) is 3.51. The smallest absolute Gasteiger partial charge is 0.369 e. The lowest BCUT2D eigenvalue weighted by Gasteiger charge is -2.25. The third-order valence-electron chi connectivity index (χ3n) is 1.64.